The normalized spacial score (nSPS) is 17.1. The number of pyridine rings is 1. The van der Waals surface area contributed by atoms with E-state index in [9.17, 15) is 28.3 Å². The predicted molar refractivity (Wildman–Crippen MR) is 98.7 cm³/mol. The number of carbonyl (C=O) groups is 1. The molecule has 1 aliphatic rings. The van der Waals surface area contributed by atoms with Crippen molar-refractivity contribution in [3.05, 3.63) is 53.9 Å². The molecule has 29 heavy (non-hydrogen) atoms. The van der Waals surface area contributed by atoms with E-state index in [2.05, 4.69) is 16.4 Å². The van der Waals surface area contributed by atoms with Crippen molar-refractivity contribution in [1.82, 2.24) is 15.6 Å². The maximum absolute atomic E-state index is 13.1. The quantitative estimate of drug-likeness (QED) is 0.655. The maximum Gasteiger partial charge on any atom is 0.315 e. The van der Waals surface area contributed by atoms with Crippen molar-refractivity contribution >= 4 is 5.91 Å². The van der Waals surface area contributed by atoms with Crippen LogP contribution in [-0.4, -0.2) is 48.2 Å². The minimum atomic E-state index is -3.29. The number of nitrogens with zero attached hydrogens (tertiary/aromatic N) is 2. The Labute approximate surface area is 165 Å². The number of aliphatic hydroxyl groups excluding tert-OH is 1. The molecule has 0 saturated carbocycles. The zero-order chi connectivity index (χ0) is 21.0. The van der Waals surface area contributed by atoms with Gasteiger partial charge < -0.3 is 15.7 Å². The number of aliphatic hydroxyl groups is 1. The van der Waals surface area contributed by atoms with Crippen molar-refractivity contribution in [1.29, 1.82) is 5.26 Å². The van der Waals surface area contributed by atoms with Crippen molar-refractivity contribution in [3.63, 3.8) is 0 Å². The molecular weight excluding hydrogens is 385 g/mol. The summed E-state index contributed by atoms with van der Waals surface area (Å²) in [6, 6.07) is 10.8. The van der Waals surface area contributed by atoms with Crippen LogP contribution in [0.3, 0.4) is 0 Å². The van der Waals surface area contributed by atoms with E-state index in [0.29, 0.717) is 18.8 Å². The summed E-state index contributed by atoms with van der Waals surface area (Å²) in [5, 5.41) is 24.4. The average molecular weight is 404 g/mol. The molecule has 2 atom stereocenters. The number of amides is 1. The Kier molecular flexibility index (Phi) is 6.15. The van der Waals surface area contributed by atoms with E-state index in [1.54, 1.807) is 29.7 Å². The second-order valence-electron chi connectivity index (χ2n) is 6.87. The Morgan fingerprint density at radius 3 is 2.34 bits per heavy atom. The van der Waals surface area contributed by atoms with Crippen LogP contribution >= 0.6 is 0 Å². The van der Waals surface area contributed by atoms with Gasteiger partial charge in [0, 0.05) is 24.8 Å². The topological polar surface area (TPSA) is 98.0 Å². The summed E-state index contributed by atoms with van der Waals surface area (Å²) in [4.78, 5) is 15.5. The van der Waals surface area contributed by atoms with Gasteiger partial charge in [-0.15, -0.1) is 0 Å². The fraction of sp³-hybridized carbons (Fsp3) is 0.350. The van der Waals surface area contributed by atoms with Gasteiger partial charge in [-0.1, -0.05) is 30.3 Å². The van der Waals surface area contributed by atoms with E-state index in [0.717, 1.165) is 11.1 Å². The number of nitriles is 1. The van der Waals surface area contributed by atoms with E-state index >= 15 is 0 Å². The van der Waals surface area contributed by atoms with Crippen LogP contribution in [0, 0.1) is 11.3 Å². The van der Waals surface area contributed by atoms with Crippen molar-refractivity contribution in [2.45, 2.75) is 24.0 Å². The van der Waals surface area contributed by atoms with Crippen LogP contribution in [0.2, 0.25) is 0 Å². The first-order valence-corrected chi connectivity index (χ1v) is 8.91. The molecule has 0 aliphatic carbocycles. The fourth-order valence-corrected chi connectivity index (χ4v) is 3.09. The molecule has 6 nitrogen and oxygen atoms in total. The molecule has 2 heterocycles. The van der Waals surface area contributed by atoms with Crippen molar-refractivity contribution in [2.24, 2.45) is 0 Å². The molecule has 0 unspecified atom stereocenters. The van der Waals surface area contributed by atoms with E-state index in [1.807, 2.05) is 6.07 Å². The maximum atomic E-state index is 13.1. The molecular formula is C20H19F3N4O2. The van der Waals surface area contributed by atoms with E-state index in [4.69, 9.17) is 0 Å². The first-order chi connectivity index (χ1) is 13.9. The van der Waals surface area contributed by atoms with Crippen LogP contribution in [0.25, 0.3) is 11.1 Å². The summed E-state index contributed by atoms with van der Waals surface area (Å²) < 4.78 is 37.8. The monoisotopic (exact) mass is 404 g/mol. The number of benzene rings is 1. The van der Waals surface area contributed by atoms with Gasteiger partial charge in [-0.2, -0.15) is 14.0 Å². The smallest absolute Gasteiger partial charge is 0.315 e. The van der Waals surface area contributed by atoms with Crippen LogP contribution < -0.4 is 10.6 Å². The molecule has 2 aromatic rings. The lowest BCUT2D eigenvalue weighted by Gasteiger charge is -2.35. The number of hydrogen-bond acceptors (Lipinski definition) is 5. The molecule has 0 radical (unpaired) electrons. The second-order valence-corrected chi connectivity index (χ2v) is 6.87. The largest absolute Gasteiger partial charge is 0.386 e. The molecule has 1 aromatic carbocycles. The third kappa shape index (κ3) is 4.23. The van der Waals surface area contributed by atoms with Crippen LogP contribution in [0.1, 0.15) is 17.4 Å². The van der Waals surface area contributed by atoms with Gasteiger partial charge >= 0.3 is 6.43 Å². The standard InChI is InChI=1S/C20H19F3N4O2/c21-7-15(27-19(29)18(22)23)17(28)13-3-1-12(2-4-13)14-5-6-16(26-8-14)20(9-24)10-25-11-20/h1-6,8,15,17-18,25,28H,7,10-11H2,(H,27,29)/t15-,17+/m1/s1. The van der Waals surface area contributed by atoms with Gasteiger partial charge in [0.2, 0.25) is 0 Å². The van der Waals surface area contributed by atoms with Crippen molar-refractivity contribution in [3.8, 4) is 17.2 Å². The molecule has 1 aromatic heterocycles. The van der Waals surface area contributed by atoms with Crippen LogP contribution in [0.4, 0.5) is 13.2 Å². The highest BCUT2D eigenvalue weighted by atomic mass is 19.3. The number of halogens is 3. The summed E-state index contributed by atoms with van der Waals surface area (Å²) in [5.41, 5.74) is 1.92. The molecule has 0 spiro atoms. The van der Waals surface area contributed by atoms with Crippen molar-refractivity contribution in [2.75, 3.05) is 19.8 Å². The van der Waals surface area contributed by atoms with E-state index in [1.165, 1.54) is 12.1 Å². The third-order valence-corrected chi connectivity index (χ3v) is 4.98. The summed E-state index contributed by atoms with van der Waals surface area (Å²) in [6.45, 7) is -0.0806. The van der Waals surface area contributed by atoms with Gasteiger partial charge in [0.1, 0.15) is 18.2 Å². The molecule has 1 aliphatic heterocycles. The van der Waals surface area contributed by atoms with Gasteiger partial charge in [-0.05, 0) is 17.2 Å². The lowest BCUT2D eigenvalue weighted by Crippen LogP contribution is -2.56. The Bertz CT molecular complexity index is 893. The minimum Gasteiger partial charge on any atom is -0.386 e. The van der Waals surface area contributed by atoms with Gasteiger partial charge in [0.15, 0.2) is 0 Å². The highest BCUT2D eigenvalue weighted by Crippen LogP contribution is 2.28. The fourth-order valence-electron chi connectivity index (χ4n) is 3.09. The van der Waals surface area contributed by atoms with Gasteiger partial charge in [-0.3, -0.25) is 9.78 Å². The highest BCUT2D eigenvalue weighted by molar-refractivity contribution is 5.79. The SMILES string of the molecule is N#CC1(c2ccc(-c3ccc([C@H](O)[C@@H](CF)NC(=O)C(F)F)cc3)cn2)CNC1. The average Bonchev–Trinajstić information content (AvgIpc) is 2.71. The third-order valence-electron chi connectivity index (χ3n) is 4.98. The summed E-state index contributed by atoms with van der Waals surface area (Å²) in [5.74, 6) is -1.63. The Hall–Kier alpha value is -2.96. The zero-order valence-electron chi connectivity index (χ0n) is 15.3. The lowest BCUT2D eigenvalue weighted by atomic mass is 9.79. The number of carbonyl (C=O) groups excluding carboxylic acids is 1. The molecule has 0 bridgehead atoms. The van der Waals surface area contributed by atoms with Crippen LogP contribution in [0.15, 0.2) is 42.6 Å². The molecule has 3 rings (SSSR count). The van der Waals surface area contributed by atoms with E-state index in [-0.39, 0.29) is 5.56 Å². The molecule has 9 heteroatoms. The zero-order valence-corrected chi connectivity index (χ0v) is 15.3. The molecule has 1 saturated heterocycles. The second kappa shape index (κ2) is 8.59. The number of alkyl halides is 3. The molecule has 152 valence electrons. The molecule has 1 fully saturated rings. The summed E-state index contributed by atoms with van der Waals surface area (Å²) in [7, 11) is 0. The van der Waals surface area contributed by atoms with Crippen molar-refractivity contribution < 1.29 is 23.1 Å². The lowest BCUT2D eigenvalue weighted by molar-refractivity contribution is -0.133. The van der Waals surface area contributed by atoms with E-state index < -0.39 is 36.6 Å². The summed E-state index contributed by atoms with van der Waals surface area (Å²) >= 11 is 0. The molecule has 1 amide bonds. The first kappa shape index (κ1) is 20.8. The van der Waals surface area contributed by atoms with Crippen LogP contribution in [-0.2, 0) is 10.2 Å². The number of nitrogens with one attached hydrogen (secondary N) is 2. The Balaban J connectivity index is 1.72. The Morgan fingerprint density at radius 1 is 1.24 bits per heavy atom. The Morgan fingerprint density at radius 2 is 1.90 bits per heavy atom. The number of aromatic nitrogens is 1. The van der Waals surface area contributed by atoms with Crippen LogP contribution in [0.5, 0.6) is 0 Å². The molecule has 3 N–H and O–H groups in total. The minimum absolute atomic E-state index is 0.277. The first-order valence-electron chi connectivity index (χ1n) is 8.91. The highest BCUT2D eigenvalue weighted by Gasteiger charge is 2.40. The van der Waals surface area contributed by atoms with Gasteiger partial charge in [0.25, 0.3) is 5.91 Å². The van der Waals surface area contributed by atoms with Gasteiger partial charge in [0.05, 0.1) is 17.8 Å². The predicted octanol–water partition coefficient (Wildman–Crippen LogP) is 1.87. The number of rotatable bonds is 7. The number of hydrogen-bond donors (Lipinski definition) is 3. The van der Waals surface area contributed by atoms with Gasteiger partial charge in [-0.25, -0.2) is 4.39 Å². The summed E-state index contributed by atoms with van der Waals surface area (Å²) in [6.07, 6.45) is -3.12.